The molecular weight excluding hydrogens is 479 g/mol. The average Bonchev–Trinajstić information content (AvgIpc) is 3.17. The van der Waals surface area contributed by atoms with Gasteiger partial charge < -0.3 is 9.30 Å². The second-order valence-corrected chi connectivity index (χ2v) is 11.6. The predicted molar refractivity (Wildman–Crippen MR) is 130 cm³/mol. The summed E-state index contributed by atoms with van der Waals surface area (Å²) in [7, 11) is -2.19. The number of ether oxygens (including phenoxy) is 1. The summed E-state index contributed by atoms with van der Waals surface area (Å²) in [6.07, 6.45) is 1.64. The van der Waals surface area contributed by atoms with E-state index in [1.807, 2.05) is 20.8 Å². The zero-order chi connectivity index (χ0) is 24.7. The molecule has 7 nitrogen and oxygen atoms in total. The summed E-state index contributed by atoms with van der Waals surface area (Å²) in [5, 5.41) is 8.49. The largest absolute Gasteiger partial charge is 0.381 e. The lowest BCUT2D eigenvalue weighted by Crippen LogP contribution is -2.17. The third-order valence-corrected chi connectivity index (χ3v) is 7.74. The van der Waals surface area contributed by atoms with Crippen LogP contribution in [0.4, 0.5) is 10.1 Å². The summed E-state index contributed by atoms with van der Waals surface area (Å²) in [5.41, 5.74) is 1.27. The molecule has 0 bridgehead atoms. The lowest BCUT2D eigenvalue weighted by atomic mass is 9.87. The van der Waals surface area contributed by atoms with Gasteiger partial charge in [-0.05, 0) is 42.0 Å². The van der Waals surface area contributed by atoms with E-state index < -0.39 is 15.8 Å². The van der Waals surface area contributed by atoms with Crippen LogP contribution in [0.2, 0.25) is 5.02 Å². The van der Waals surface area contributed by atoms with Crippen molar-refractivity contribution < 1.29 is 17.5 Å². The number of rotatable bonds is 5. The van der Waals surface area contributed by atoms with Crippen molar-refractivity contribution >= 4 is 27.3 Å². The fourth-order valence-electron chi connectivity index (χ4n) is 4.04. The van der Waals surface area contributed by atoms with Gasteiger partial charge in [0.1, 0.15) is 11.6 Å². The molecule has 1 fully saturated rings. The quantitative estimate of drug-likeness (QED) is 0.509. The van der Waals surface area contributed by atoms with Crippen LogP contribution in [0.3, 0.4) is 0 Å². The highest BCUT2D eigenvalue weighted by atomic mass is 35.5. The van der Waals surface area contributed by atoms with Crippen LogP contribution < -0.4 is 4.72 Å². The minimum atomic E-state index is -4.00. The zero-order valence-electron chi connectivity index (χ0n) is 19.6. The Morgan fingerprint density at radius 3 is 2.38 bits per heavy atom. The number of aromatic nitrogens is 3. The summed E-state index contributed by atoms with van der Waals surface area (Å²) < 4.78 is 50.5. The summed E-state index contributed by atoms with van der Waals surface area (Å²) in [6, 6.07) is 9.08. The maximum Gasteiger partial charge on any atom is 0.261 e. The second-order valence-electron chi connectivity index (χ2n) is 9.52. The van der Waals surface area contributed by atoms with Crippen LogP contribution in [0.1, 0.15) is 50.9 Å². The summed E-state index contributed by atoms with van der Waals surface area (Å²) in [4.78, 5) is 0.0719. The standard InChI is InChI=1S/C24H28ClFN4O3S/c1-24(2,3)16-5-7-17(8-6-16)34(31,32)29-21-14-20(26)19(25)13-18(21)23-28-27-22(30(23)4)15-9-11-33-12-10-15/h5-8,13-15,29H,9-12H2,1-4H3. The van der Waals surface area contributed by atoms with E-state index in [1.165, 1.54) is 6.07 Å². The molecule has 0 unspecified atom stereocenters. The van der Waals surface area contributed by atoms with E-state index in [1.54, 1.807) is 35.9 Å². The van der Waals surface area contributed by atoms with Gasteiger partial charge in [-0.1, -0.05) is 44.5 Å². The topological polar surface area (TPSA) is 86.1 Å². The van der Waals surface area contributed by atoms with E-state index in [-0.39, 0.29) is 26.9 Å². The molecule has 2 aromatic carbocycles. The van der Waals surface area contributed by atoms with E-state index in [0.717, 1.165) is 30.3 Å². The van der Waals surface area contributed by atoms with Gasteiger partial charge in [0.2, 0.25) is 0 Å². The van der Waals surface area contributed by atoms with Gasteiger partial charge in [0, 0.05) is 37.8 Å². The van der Waals surface area contributed by atoms with Gasteiger partial charge in [0.05, 0.1) is 15.6 Å². The number of benzene rings is 2. The third-order valence-electron chi connectivity index (χ3n) is 6.07. The van der Waals surface area contributed by atoms with Crippen molar-refractivity contribution in [1.29, 1.82) is 0 Å². The van der Waals surface area contributed by atoms with E-state index in [9.17, 15) is 12.8 Å². The van der Waals surface area contributed by atoms with E-state index >= 15 is 0 Å². The molecule has 0 spiro atoms. The Morgan fingerprint density at radius 2 is 1.76 bits per heavy atom. The highest BCUT2D eigenvalue weighted by molar-refractivity contribution is 7.92. The molecule has 1 N–H and O–H groups in total. The van der Waals surface area contributed by atoms with Gasteiger partial charge in [0.15, 0.2) is 5.82 Å². The average molecular weight is 507 g/mol. The van der Waals surface area contributed by atoms with Crippen molar-refractivity contribution in [2.75, 3.05) is 17.9 Å². The van der Waals surface area contributed by atoms with Crippen LogP contribution in [0.5, 0.6) is 0 Å². The zero-order valence-corrected chi connectivity index (χ0v) is 21.2. The van der Waals surface area contributed by atoms with Gasteiger partial charge in [0.25, 0.3) is 10.0 Å². The highest BCUT2D eigenvalue weighted by Gasteiger charge is 2.26. The van der Waals surface area contributed by atoms with Gasteiger partial charge in [-0.2, -0.15) is 0 Å². The van der Waals surface area contributed by atoms with Crippen LogP contribution >= 0.6 is 11.6 Å². The Kier molecular flexibility index (Phi) is 6.72. The summed E-state index contributed by atoms with van der Waals surface area (Å²) in [6.45, 7) is 7.44. The molecule has 10 heteroatoms. The van der Waals surface area contributed by atoms with Crippen molar-refractivity contribution in [2.45, 2.75) is 49.8 Å². The minimum absolute atomic E-state index is 0.0378. The maximum absolute atomic E-state index is 14.4. The Balaban J connectivity index is 1.71. The second kappa shape index (κ2) is 9.28. The van der Waals surface area contributed by atoms with Crippen LogP contribution in [0.25, 0.3) is 11.4 Å². The van der Waals surface area contributed by atoms with Crippen molar-refractivity contribution in [3.63, 3.8) is 0 Å². The molecule has 1 saturated heterocycles. The number of nitrogens with one attached hydrogen (secondary N) is 1. The molecule has 1 aliphatic heterocycles. The first-order chi connectivity index (χ1) is 16.0. The molecule has 0 amide bonds. The molecule has 0 atom stereocenters. The van der Waals surface area contributed by atoms with Crippen LogP contribution in [-0.2, 0) is 27.2 Å². The molecule has 34 heavy (non-hydrogen) atoms. The monoisotopic (exact) mass is 506 g/mol. The van der Waals surface area contributed by atoms with Crippen molar-refractivity contribution in [3.8, 4) is 11.4 Å². The molecule has 1 aromatic heterocycles. The smallest absolute Gasteiger partial charge is 0.261 e. The first-order valence-electron chi connectivity index (χ1n) is 11.1. The number of hydrogen-bond acceptors (Lipinski definition) is 5. The van der Waals surface area contributed by atoms with E-state index in [0.29, 0.717) is 24.6 Å². The number of nitrogens with zero attached hydrogens (tertiary/aromatic N) is 3. The van der Waals surface area contributed by atoms with Gasteiger partial charge >= 0.3 is 0 Å². The van der Waals surface area contributed by atoms with Crippen LogP contribution in [0, 0.1) is 5.82 Å². The Labute approximate surface area is 204 Å². The molecule has 3 aromatic rings. The molecule has 2 heterocycles. The summed E-state index contributed by atoms with van der Waals surface area (Å²) in [5.74, 6) is 0.602. The Morgan fingerprint density at radius 1 is 1.12 bits per heavy atom. The SMILES string of the molecule is Cn1c(-c2cc(Cl)c(F)cc2NS(=O)(=O)c2ccc(C(C)(C)C)cc2)nnc1C1CCOCC1. The molecule has 0 radical (unpaired) electrons. The number of anilines is 1. The summed E-state index contributed by atoms with van der Waals surface area (Å²) >= 11 is 6.07. The maximum atomic E-state index is 14.4. The molecule has 182 valence electrons. The predicted octanol–water partition coefficient (Wildman–Crippen LogP) is 5.27. The highest BCUT2D eigenvalue weighted by Crippen LogP contribution is 2.35. The first-order valence-corrected chi connectivity index (χ1v) is 12.9. The first kappa shape index (κ1) is 24.6. The fourth-order valence-corrected chi connectivity index (χ4v) is 5.28. The molecule has 4 rings (SSSR count). The van der Waals surface area contributed by atoms with Gasteiger partial charge in [-0.25, -0.2) is 12.8 Å². The van der Waals surface area contributed by atoms with Gasteiger partial charge in [-0.3, -0.25) is 4.72 Å². The fraction of sp³-hybridized carbons (Fsp3) is 0.417. The van der Waals surface area contributed by atoms with E-state index in [4.69, 9.17) is 16.3 Å². The third kappa shape index (κ3) is 4.96. The lowest BCUT2D eigenvalue weighted by Gasteiger charge is -2.21. The number of sulfonamides is 1. The normalized spacial score (nSPS) is 15.5. The lowest BCUT2D eigenvalue weighted by molar-refractivity contribution is 0.0830. The molecule has 0 aliphatic carbocycles. The Bertz CT molecular complexity index is 1290. The Hall–Kier alpha value is -2.49. The van der Waals surface area contributed by atoms with Gasteiger partial charge in [-0.15, -0.1) is 10.2 Å². The number of hydrogen-bond donors (Lipinski definition) is 1. The van der Waals surface area contributed by atoms with Crippen LogP contribution in [-0.4, -0.2) is 36.4 Å². The van der Waals surface area contributed by atoms with Crippen LogP contribution in [0.15, 0.2) is 41.3 Å². The molecule has 0 saturated carbocycles. The molecular formula is C24H28ClFN4O3S. The van der Waals surface area contributed by atoms with Crippen molar-refractivity contribution in [3.05, 3.63) is 58.6 Å². The van der Waals surface area contributed by atoms with E-state index in [2.05, 4.69) is 14.9 Å². The number of halogens is 2. The van der Waals surface area contributed by atoms with Crippen molar-refractivity contribution in [2.24, 2.45) is 7.05 Å². The van der Waals surface area contributed by atoms with Crippen molar-refractivity contribution in [1.82, 2.24) is 14.8 Å². The molecule has 1 aliphatic rings. The minimum Gasteiger partial charge on any atom is -0.381 e.